The predicted octanol–water partition coefficient (Wildman–Crippen LogP) is 3.50. The Morgan fingerprint density at radius 2 is 1.91 bits per heavy atom. The standard InChI is InChI=1S/C17H23BrN2O.ClH/c1-20(15-8-11-19-12-15)16(21)17(9-2-3-10-17)13-4-6-14(18)7-5-13;/h4-7,15,19H,2-3,8-12H2,1H3;1H. The number of benzene rings is 1. The van der Waals surface area contributed by atoms with Crippen molar-refractivity contribution in [3.8, 4) is 0 Å². The first-order valence-corrected chi connectivity index (χ1v) is 8.67. The van der Waals surface area contributed by atoms with Gasteiger partial charge in [-0.2, -0.15) is 0 Å². The van der Waals surface area contributed by atoms with Gasteiger partial charge >= 0.3 is 0 Å². The number of nitrogens with one attached hydrogen (secondary N) is 1. The van der Waals surface area contributed by atoms with E-state index in [9.17, 15) is 4.79 Å². The maximum Gasteiger partial charge on any atom is 0.233 e. The Kier molecular flexibility index (Phi) is 5.92. The van der Waals surface area contributed by atoms with Gasteiger partial charge in [-0.25, -0.2) is 0 Å². The van der Waals surface area contributed by atoms with Gasteiger partial charge in [-0.1, -0.05) is 40.9 Å². The van der Waals surface area contributed by atoms with Crippen molar-refractivity contribution in [3.63, 3.8) is 0 Å². The van der Waals surface area contributed by atoms with Crippen molar-refractivity contribution < 1.29 is 4.79 Å². The van der Waals surface area contributed by atoms with Gasteiger partial charge in [0.1, 0.15) is 0 Å². The Labute approximate surface area is 147 Å². The number of rotatable bonds is 3. The molecule has 1 aromatic rings. The zero-order chi connectivity index (χ0) is 14.9. The van der Waals surface area contributed by atoms with Gasteiger partial charge in [-0.15, -0.1) is 12.4 Å². The van der Waals surface area contributed by atoms with Crippen LogP contribution in [-0.2, 0) is 10.2 Å². The molecule has 1 aliphatic heterocycles. The average Bonchev–Trinajstić information content (AvgIpc) is 3.18. The Bertz CT molecular complexity index is 508. The second kappa shape index (κ2) is 7.33. The van der Waals surface area contributed by atoms with Crippen LogP contribution in [0.2, 0.25) is 0 Å². The van der Waals surface area contributed by atoms with Gasteiger partial charge < -0.3 is 10.2 Å². The summed E-state index contributed by atoms with van der Waals surface area (Å²) in [5.41, 5.74) is 0.893. The summed E-state index contributed by atoms with van der Waals surface area (Å²) < 4.78 is 1.07. The number of likely N-dealkylation sites (N-methyl/N-ethyl adjacent to an activating group) is 1. The maximum absolute atomic E-state index is 13.2. The molecule has 1 atom stereocenters. The lowest BCUT2D eigenvalue weighted by molar-refractivity contribution is -0.137. The topological polar surface area (TPSA) is 32.3 Å². The molecule has 1 heterocycles. The summed E-state index contributed by atoms with van der Waals surface area (Å²) in [4.78, 5) is 15.2. The summed E-state index contributed by atoms with van der Waals surface area (Å²) in [6.45, 7) is 1.95. The summed E-state index contributed by atoms with van der Waals surface area (Å²) in [7, 11) is 1.99. The second-order valence-corrected chi connectivity index (χ2v) is 7.27. The van der Waals surface area contributed by atoms with Crippen LogP contribution in [-0.4, -0.2) is 37.0 Å². The van der Waals surface area contributed by atoms with Crippen LogP contribution in [0.5, 0.6) is 0 Å². The summed E-state index contributed by atoms with van der Waals surface area (Å²) in [5, 5.41) is 3.36. The molecule has 0 bridgehead atoms. The third-order valence-electron chi connectivity index (χ3n) is 5.17. The minimum absolute atomic E-state index is 0. The number of hydrogen-bond donors (Lipinski definition) is 1. The van der Waals surface area contributed by atoms with E-state index in [1.807, 2.05) is 11.9 Å². The smallest absolute Gasteiger partial charge is 0.233 e. The normalized spacial score (nSPS) is 23.1. The fourth-order valence-corrected chi connectivity index (χ4v) is 4.11. The lowest BCUT2D eigenvalue weighted by Gasteiger charge is -2.35. The molecule has 1 unspecified atom stereocenters. The largest absolute Gasteiger partial charge is 0.341 e. The van der Waals surface area contributed by atoms with Crippen LogP contribution in [0.25, 0.3) is 0 Å². The monoisotopic (exact) mass is 386 g/mol. The van der Waals surface area contributed by atoms with Crippen molar-refractivity contribution in [3.05, 3.63) is 34.3 Å². The summed E-state index contributed by atoms with van der Waals surface area (Å²) in [6.07, 6.45) is 5.34. The number of hydrogen-bond acceptors (Lipinski definition) is 2. The molecule has 22 heavy (non-hydrogen) atoms. The van der Waals surface area contributed by atoms with Crippen molar-refractivity contribution in [2.45, 2.75) is 43.6 Å². The maximum atomic E-state index is 13.2. The Hall–Kier alpha value is -0.580. The van der Waals surface area contributed by atoms with E-state index >= 15 is 0 Å². The van der Waals surface area contributed by atoms with E-state index in [0.29, 0.717) is 11.9 Å². The van der Waals surface area contributed by atoms with E-state index in [1.165, 1.54) is 5.56 Å². The molecular weight excluding hydrogens is 364 g/mol. The first-order valence-electron chi connectivity index (χ1n) is 7.87. The van der Waals surface area contributed by atoms with Crippen LogP contribution in [0.15, 0.2) is 28.7 Å². The van der Waals surface area contributed by atoms with E-state index in [1.54, 1.807) is 0 Å². The summed E-state index contributed by atoms with van der Waals surface area (Å²) in [5.74, 6) is 0.316. The molecule has 5 heteroatoms. The van der Waals surface area contributed by atoms with Gasteiger partial charge in [0, 0.05) is 24.1 Å². The molecule has 1 saturated carbocycles. The molecule has 1 amide bonds. The van der Waals surface area contributed by atoms with Crippen molar-refractivity contribution >= 4 is 34.2 Å². The molecule has 1 aliphatic carbocycles. The first kappa shape index (κ1) is 17.8. The molecule has 0 aromatic heterocycles. The van der Waals surface area contributed by atoms with E-state index in [4.69, 9.17) is 0 Å². The molecule has 1 aromatic carbocycles. The Morgan fingerprint density at radius 1 is 1.27 bits per heavy atom. The van der Waals surface area contributed by atoms with E-state index in [2.05, 4.69) is 45.5 Å². The van der Waals surface area contributed by atoms with Crippen LogP contribution in [0.1, 0.15) is 37.7 Å². The van der Waals surface area contributed by atoms with Crippen molar-refractivity contribution in [2.24, 2.45) is 0 Å². The summed E-state index contributed by atoms with van der Waals surface area (Å²) >= 11 is 3.49. The van der Waals surface area contributed by atoms with Gasteiger partial charge in [0.2, 0.25) is 5.91 Å². The molecule has 122 valence electrons. The van der Waals surface area contributed by atoms with E-state index < -0.39 is 0 Å². The molecule has 1 N–H and O–H groups in total. The van der Waals surface area contributed by atoms with Crippen LogP contribution in [0.4, 0.5) is 0 Å². The van der Waals surface area contributed by atoms with Gasteiger partial charge in [0.05, 0.1) is 5.41 Å². The number of carbonyl (C=O) groups is 1. The zero-order valence-electron chi connectivity index (χ0n) is 13.0. The lowest BCUT2D eigenvalue weighted by Crippen LogP contribution is -2.48. The molecular formula is C17H24BrClN2O. The highest BCUT2D eigenvalue weighted by molar-refractivity contribution is 9.10. The average molecular weight is 388 g/mol. The minimum Gasteiger partial charge on any atom is -0.341 e. The first-order chi connectivity index (χ1) is 10.1. The number of carbonyl (C=O) groups excluding carboxylic acids is 1. The van der Waals surface area contributed by atoms with Gasteiger partial charge in [0.25, 0.3) is 0 Å². The van der Waals surface area contributed by atoms with Crippen LogP contribution in [0.3, 0.4) is 0 Å². The number of halogens is 2. The van der Waals surface area contributed by atoms with Crippen LogP contribution >= 0.6 is 28.3 Å². The highest BCUT2D eigenvalue weighted by Gasteiger charge is 2.45. The Morgan fingerprint density at radius 3 is 2.45 bits per heavy atom. The van der Waals surface area contributed by atoms with Gasteiger partial charge in [-0.05, 0) is 43.5 Å². The van der Waals surface area contributed by atoms with Crippen LogP contribution in [0, 0.1) is 0 Å². The van der Waals surface area contributed by atoms with Gasteiger partial charge in [-0.3, -0.25) is 4.79 Å². The third-order valence-corrected chi connectivity index (χ3v) is 5.69. The van der Waals surface area contributed by atoms with Crippen molar-refractivity contribution in [1.82, 2.24) is 10.2 Å². The van der Waals surface area contributed by atoms with Gasteiger partial charge in [0.15, 0.2) is 0 Å². The molecule has 2 fully saturated rings. The van der Waals surface area contributed by atoms with Crippen molar-refractivity contribution in [2.75, 3.05) is 20.1 Å². The molecule has 3 rings (SSSR count). The number of amides is 1. The number of nitrogens with zero attached hydrogens (tertiary/aromatic N) is 1. The SMILES string of the molecule is CN(C(=O)C1(c2ccc(Br)cc2)CCCC1)C1CCNC1.Cl. The molecule has 3 nitrogen and oxygen atoms in total. The second-order valence-electron chi connectivity index (χ2n) is 6.36. The van der Waals surface area contributed by atoms with E-state index in [-0.39, 0.29) is 17.8 Å². The highest BCUT2D eigenvalue weighted by Crippen LogP contribution is 2.43. The summed E-state index contributed by atoms with van der Waals surface area (Å²) in [6, 6.07) is 8.70. The quantitative estimate of drug-likeness (QED) is 0.861. The van der Waals surface area contributed by atoms with E-state index in [0.717, 1.165) is 49.7 Å². The fraction of sp³-hybridized carbons (Fsp3) is 0.588. The molecule has 0 radical (unpaired) electrons. The zero-order valence-corrected chi connectivity index (χ0v) is 15.4. The molecule has 2 aliphatic rings. The lowest BCUT2D eigenvalue weighted by atomic mass is 9.77. The fourth-order valence-electron chi connectivity index (χ4n) is 3.85. The highest BCUT2D eigenvalue weighted by atomic mass is 79.9. The minimum atomic E-state index is -0.294. The third kappa shape index (κ3) is 3.19. The van der Waals surface area contributed by atoms with Crippen molar-refractivity contribution in [1.29, 1.82) is 0 Å². The molecule has 0 spiro atoms. The molecule has 1 saturated heterocycles. The van der Waals surface area contributed by atoms with Crippen LogP contribution < -0.4 is 5.32 Å². The Balaban J connectivity index is 0.00000176. The predicted molar refractivity (Wildman–Crippen MR) is 95.6 cm³/mol.